The number of hydrogen-bond donors (Lipinski definition) is 1. The molecule has 8 heteroatoms. The number of nitrogens with zero attached hydrogens (tertiary/aromatic N) is 4. The molecule has 0 aliphatic heterocycles. The maximum atomic E-state index is 12.1. The summed E-state index contributed by atoms with van der Waals surface area (Å²) in [7, 11) is 0.384. The van der Waals surface area contributed by atoms with Crippen LogP contribution >= 0.6 is 0 Å². The molecule has 138 valence electrons. The van der Waals surface area contributed by atoms with Crippen LogP contribution in [0.2, 0.25) is 0 Å². The lowest BCUT2D eigenvalue weighted by Crippen LogP contribution is -2.25. The number of hydrogen-bond acceptors (Lipinski definition) is 6. The van der Waals surface area contributed by atoms with E-state index in [4.69, 9.17) is 0 Å². The zero-order valence-electron chi connectivity index (χ0n) is 15.1. The van der Waals surface area contributed by atoms with Gasteiger partial charge in [-0.3, -0.25) is 4.99 Å². The Balaban J connectivity index is 2.03. The van der Waals surface area contributed by atoms with Gasteiger partial charge in [0.2, 0.25) is 10.0 Å². The van der Waals surface area contributed by atoms with Crippen LogP contribution in [-0.4, -0.2) is 41.8 Å². The topological polar surface area (TPSA) is 86.5 Å². The molecule has 0 aromatic heterocycles. The van der Waals surface area contributed by atoms with E-state index in [9.17, 15) is 8.42 Å². The van der Waals surface area contributed by atoms with Gasteiger partial charge in [-0.05, 0) is 55.5 Å². The van der Waals surface area contributed by atoms with Crippen molar-refractivity contribution in [1.82, 2.24) is 4.72 Å². The third kappa shape index (κ3) is 5.75. The number of azo groups is 1. The molecule has 0 radical (unpaired) electrons. The van der Waals surface area contributed by atoms with Crippen LogP contribution in [0.4, 0.5) is 17.1 Å². The molecular formula is C18H23N5O2S. The Morgan fingerprint density at radius 3 is 2.00 bits per heavy atom. The smallest absolute Gasteiger partial charge is 0.240 e. The second-order valence-electron chi connectivity index (χ2n) is 5.64. The van der Waals surface area contributed by atoms with Crippen LogP contribution in [0, 0.1) is 0 Å². The molecule has 0 heterocycles. The first-order valence-corrected chi connectivity index (χ1v) is 9.68. The van der Waals surface area contributed by atoms with Crippen molar-refractivity contribution in [3.63, 3.8) is 0 Å². The monoisotopic (exact) mass is 373 g/mol. The highest BCUT2D eigenvalue weighted by Gasteiger charge is 2.12. The molecule has 2 rings (SSSR count). The standard InChI is InChI=1S/C18H23N5O2S/c1-4-19-13-14-20-26(24,25)18-11-7-16(8-12-18)22-21-15-5-9-17(10-6-15)23(2)3/h5-13,20H,4,14H2,1-3H3/b19-13+,22-21+. The lowest BCUT2D eigenvalue weighted by Gasteiger charge is -2.11. The van der Waals surface area contributed by atoms with Crippen LogP contribution in [0.25, 0.3) is 0 Å². The minimum absolute atomic E-state index is 0.167. The van der Waals surface area contributed by atoms with Gasteiger partial charge in [0.25, 0.3) is 0 Å². The fraction of sp³-hybridized carbons (Fsp3) is 0.278. The van der Waals surface area contributed by atoms with Crippen LogP contribution in [-0.2, 0) is 10.0 Å². The molecule has 0 aliphatic carbocycles. The van der Waals surface area contributed by atoms with Gasteiger partial charge in [0, 0.05) is 39.1 Å². The van der Waals surface area contributed by atoms with E-state index < -0.39 is 10.0 Å². The van der Waals surface area contributed by atoms with Gasteiger partial charge < -0.3 is 4.90 Å². The van der Waals surface area contributed by atoms with Gasteiger partial charge in [-0.1, -0.05) is 0 Å². The van der Waals surface area contributed by atoms with Crippen molar-refractivity contribution in [2.45, 2.75) is 11.8 Å². The van der Waals surface area contributed by atoms with Gasteiger partial charge in [-0.2, -0.15) is 10.2 Å². The van der Waals surface area contributed by atoms with Gasteiger partial charge in [0.05, 0.1) is 16.3 Å². The van der Waals surface area contributed by atoms with E-state index in [1.54, 1.807) is 18.3 Å². The number of rotatable bonds is 8. The molecule has 0 saturated heterocycles. The quantitative estimate of drug-likeness (QED) is 0.567. The molecule has 0 saturated carbocycles. The Hall–Kier alpha value is -2.58. The fourth-order valence-corrected chi connectivity index (χ4v) is 3.00. The maximum Gasteiger partial charge on any atom is 0.240 e. The number of sulfonamides is 1. The van der Waals surface area contributed by atoms with E-state index in [-0.39, 0.29) is 11.4 Å². The van der Waals surface area contributed by atoms with E-state index in [0.29, 0.717) is 12.2 Å². The average molecular weight is 373 g/mol. The van der Waals surface area contributed by atoms with Crippen molar-refractivity contribution in [3.05, 3.63) is 48.5 Å². The Morgan fingerprint density at radius 1 is 0.962 bits per heavy atom. The Bertz CT molecular complexity index is 857. The van der Waals surface area contributed by atoms with Gasteiger partial charge in [0.1, 0.15) is 0 Å². The second kappa shape index (κ2) is 9.21. The van der Waals surface area contributed by atoms with Gasteiger partial charge in [-0.25, -0.2) is 13.1 Å². The molecule has 26 heavy (non-hydrogen) atoms. The molecule has 0 fully saturated rings. The van der Waals surface area contributed by atoms with E-state index in [2.05, 4.69) is 19.9 Å². The van der Waals surface area contributed by atoms with E-state index in [1.165, 1.54) is 12.1 Å². The molecule has 0 bridgehead atoms. The number of anilines is 1. The molecule has 0 aliphatic rings. The predicted molar refractivity (Wildman–Crippen MR) is 106 cm³/mol. The molecular weight excluding hydrogens is 350 g/mol. The van der Waals surface area contributed by atoms with Crippen molar-refractivity contribution in [3.8, 4) is 0 Å². The summed E-state index contributed by atoms with van der Waals surface area (Å²) in [4.78, 5) is 6.15. The lowest BCUT2D eigenvalue weighted by molar-refractivity contribution is 0.586. The molecule has 7 nitrogen and oxygen atoms in total. The first-order valence-electron chi connectivity index (χ1n) is 8.19. The summed E-state index contributed by atoms with van der Waals surface area (Å²) in [5.74, 6) is 0. The summed E-state index contributed by atoms with van der Waals surface area (Å²) in [5.41, 5.74) is 2.38. The molecule has 2 aromatic rings. The van der Waals surface area contributed by atoms with Crippen LogP contribution in [0.3, 0.4) is 0 Å². The van der Waals surface area contributed by atoms with Gasteiger partial charge in [-0.15, -0.1) is 0 Å². The number of benzene rings is 2. The third-order valence-electron chi connectivity index (χ3n) is 3.47. The molecule has 0 amide bonds. The normalized spacial score (nSPS) is 12.1. The highest BCUT2D eigenvalue weighted by molar-refractivity contribution is 7.89. The first kappa shape index (κ1) is 19.7. The van der Waals surface area contributed by atoms with Crippen molar-refractivity contribution >= 4 is 33.3 Å². The predicted octanol–water partition coefficient (Wildman–Crippen LogP) is 3.54. The summed E-state index contributed by atoms with van der Waals surface area (Å²) in [6.07, 6.45) is 1.54. The zero-order valence-corrected chi connectivity index (χ0v) is 15.9. The van der Waals surface area contributed by atoms with Gasteiger partial charge in [0.15, 0.2) is 0 Å². The average Bonchev–Trinajstić information content (AvgIpc) is 2.64. The van der Waals surface area contributed by atoms with Crippen molar-refractivity contribution in [2.75, 3.05) is 32.1 Å². The Morgan fingerprint density at radius 2 is 1.50 bits per heavy atom. The van der Waals surface area contributed by atoms with Crippen molar-refractivity contribution in [2.24, 2.45) is 15.2 Å². The minimum atomic E-state index is -3.56. The van der Waals surface area contributed by atoms with Crippen molar-refractivity contribution < 1.29 is 8.42 Å². The minimum Gasteiger partial charge on any atom is -0.378 e. The molecule has 0 spiro atoms. The summed E-state index contributed by atoms with van der Waals surface area (Å²) in [5, 5.41) is 8.30. The van der Waals surface area contributed by atoms with E-state index >= 15 is 0 Å². The van der Waals surface area contributed by atoms with Gasteiger partial charge >= 0.3 is 0 Å². The molecule has 0 unspecified atom stereocenters. The molecule has 2 aromatic carbocycles. The van der Waals surface area contributed by atoms with Crippen molar-refractivity contribution in [1.29, 1.82) is 0 Å². The first-order chi connectivity index (χ1) is 12.4. The van der Waals surface area contributed by atoms with Crippen LogP contribution in [0.5, 0.6) is 0 Å². The van der Waals surface area contributed by atoms with Crippen LogP contribution in [0.1, 0.15) is 6.92 Å². The SMILES string of the molecule is CC/N=C/CNS(=O)(=O)c1ccc(/N=N/c2ccc(N(C)C)cc2)cc1. The maximum absolute atomic E-state index is 12.1. The number of nitrogens with one attached hydrogen (secondary N) is 1. The lowest BCUT2D eigenvalue weighted by atomic mass is 10.3. The Kier molecular flexibility index (Phi) is 6.99. The number of aliphatic imine (C=N–C) groups is 1. The van der Waals surface area contributed by atoms with Crippen LogP contribution < -0.4 is 9.62 Å². The largest absolute Gasteiger partial charge is 0.378 e. The summed E-state index contributed by atoms with van der Waals surface area (Å²) in [6.45, 7) is 2.68. The highest BCUT2D eigenvalue weighted by atomic mass is 32.2. The fourth-order valence-electron chi connectivity index (χ4n) is 2.05. The third-order valence-corrected chi connectivity index (χ3v) is 4.91. The van der Waals surface area contributed by atoms with E-state index in [1.807, 2.05) is 50.2 Å². The second-order valence-corrected chi connectivity index (χ2v) is 7.40. The highest BCUT2D eigenvalue weighted by Crippen LogP contribution is 2.22. The molecule has 0 atom stereocenters. The summed E-state index contributed by atoms with van der Waals surface area (Å²) in [6, 6.07) is 13.9. The molecule has 1 N–H and O–H groups in total. The Labute approximate surface area is 154 Å². The van der Waals surface area contributed by atoms with Crippen LogP contribution in [0.15, 0.2) is 68.6 Å². The summed E-state index contributed by atoms with van der Waals surface area (Å²) >= 11 is 0. The van der Waals surface area contributed by atoms with E-state index in [0.717, 1.165) is 11.4 Å². The summed E-state index contributed by atoms with van der Waals surface area (Å²) < 4.78 is 26.8. The zero-order chi connectivity index (χ0) is 19.0.